The van der Waals surface area contributed by atoms with Crippen molar-refractivity contribution in [2.45, 2.75) is 27.7 Å². The summed E-state index contributed by atoms with van der Waals surface area (Å²) in [6, 6.07) is 11.9. The summed E-state index contributed by atoms with van der Waals surface area (Å²) in [5.74, 6) is 0.239. The summed E-state index contributed by atoms with van der Waals surface area (Å²) >= 11 is 0. The fourth-order valence-corrected chi connectivity index (χ4v) is 2.71. The molecule has 0 saturated heterocycles. The number of aromatic nitrogens is 2. The van der Waals surface area contributed by atoms with Gasteiger partial charge in [0.15, 0.2) is 0 Å². The first-order chi connectivity index (χ1) is 12.5. The van der Waals surface area contributed by atoms with E-state index in [1.165, 1.54) is 12.4 Å². The third-order valence-corrected chi connectivity index (χ3v) is 4.48. The number of hydrogen-bond acceptors (Lipinski definition) is 4. The van der Waals surface area contributed by atoms with Crippen LogP contribution < -0.4 is 10.6 Å². The molecule has 0 bridgehead atoms. The van der Waals surface area contributed by atoms with Crippen molar-refractivity contribution in [1.29, 1.82) is 0 Å². The Morgan fingerprint density at radius 2 is 1.42 bits per heavy atom. The van der Waals surface area contributed by atoms with Crippen molar-refractivity contribution in [3.05, 3.63) is 76.6 Å². The third-order valence-electron chi connectivity index (χ3n) is 4.48. The van der Waals surface area contributed by atoms with Crippen LogP contribution in [0.4, 0.5) is 17.3 Å². The second-order valence-corrected chi connectivity index (χ2v) is 6.39. The molecule has 0 unspecified atom stereocenters. The second-order valence-electron chi connectivity index (χ2n) is 6.39. The molecule has 0 aliphatic carbocycles. The van der Waals surface area contributed by atoms with Gasteiger partial charge in [0.1, 0.15) is 0 Å². The minimum atomic E-state index is -0.225. The van der Waals surface area contributed by atoms with Gasteiger partial charge in [-0.05, 0) is 56.0 Å². The van der Waals surface area contributed by atoms with E-state index in [-0.39, 0.29) is 5.91 Å². The molecule has 0 radical (unpaired) electrons. The molecule has 3 aromatic rings. The summed E-state index contributed by atoms with van der Waals surface area (Å²) in [5.41, 5.74) is 6.61. The zero-order valence-electron chi connectivity index (χ0n) is 15.4. The molecule has 5 heteroatoms. The number of hydrogen-bond donors (Lipinski definition) is 2. The molecule has 0 aliphatic heterocycles. The van der Waals surface area contributed by atoms with Crippen LogP contribution in [0.5, 0.6) is 0 Å². The predicted molar refractivity (Wildman–Crippen MR) is 105 cm³/mol. The molecule has 2 aromatic carbocycles. The van der Waals surface area contributed by atoms with Crippen LogP contribution in [0.3, 0.4) is 0 Å². The highest BCUT2D eigenvalue weighted by molar-refractivity contribution is 6.04. The minimum absolute atomic E-state index is 0.225. The molecule has 3 rings (SSSR count). The number of carbonyl (C=O) groups is 1. The average Bonchev–Trinajstić information content (AvgIpc) is 2.63. The molecule has 26 heavy (non-hydrogen) atoms. The number of para-hydroxylation sites is 1. The van der Waals surface area contributed by atoms with E-state index in [1.807, 2.05) is 64.1 Å². The predicted octanol–water partition coefficient (Wildman–Crippen LogP) is 4.71. The number of aryl methyl sites for hydroxylation is 3. The smallest absolute Gasteiger partial charge is 0.258 e. The lowest BCUT2D eigenvalue weighted by atomic mass is 10.1. The number of rotatable bonds is 4. The van der Waals surface area contributed by atoms with Gasteiger partial charge < -0.3 is 10.6 Å². The van der Waals surface area contributed by atoms with E-state index >= 15 is 0 Å². The first-order valence-corrected chi connectivity index (χ1v) is 8.48. The van der Waals surface area contributed by atoms with Crippen molar-refractivity contribution in [2.24, 2.45) is 0 Å². The van der Waals surface area contributed by atoms with Gasteiger partial charge in [0, 0.05) is 23.8 Å². The topological polar surface area (TPSA) is 66.9 Å². The van der Waals surface area contributed by atoms with Crippen molar-refractivity contribution in [2.75, 3.05) is 10.6 Å². The molecule has 0 saturated carbocycles. The standard InChI is InChI=1S/C21H22N4O/c1-13-7-6-10-18(16(13)4)24-20(26)17-11-22-21(23-12-17)25-19-14(2)8-5-9-15(19)3/h5-12H,1-4H3,(H,24,26)(H,22,23,25). The maximum Gasteiger partial charge on any atom is 0.258 e. The van der Waals surface area contributed by atoms with Gasteiger partial charge in [0.05, 0.1) is 5.56 Å². The SMILES string of the molecule is Cc1cccc(NC(=O)c2cnc(Nc3c(C)cccc3C)nc2)c1C. The molecule has 1 heterocycles. The Hall–Kier alpha value is -3.21. The fraction of sp³-hybridized carbons (Fsp3) is 0.190. The van der Waals surface area contributed by atoms with E-state index in [2.05, 4.69) is 20.6 Å². The Labute approximate surface area is 153 Å². The van der Waals surface area contributed by atoms with Gasteiger partial charge in [0.2, 0.25) is 5.95 Å². The van der Waals surface area contributed by atoms with Crippen molar-refractivity contribution in [1.82, 2.24) is 9.97 Å². The van der Waals surface area contributed by atoms with Gasteiger partial charge in [0.25, 0.3) is 5.91 Å². The van der Waals surface area contributed by atoms with Gasteiger partial charge >= 0.3 is 0 Å². The first kappa shape index (κ1) is 17.6. The second kappa shape index (κ2) is 7.35. The van der Waals surface area contributed by atoms with Crippen LogP contribution in [-0.2, 0) is 0 Å². The summed E-state index contributed by atoms with van der Waals surface area (Å²) in [4.78, 5) is 21.0. The maximum atomic E-state index is 12.4. The van der Waals surface area contributed by atoms with Crippen LogP contribution in [0.1, 0.15) is 32.6 Å². The van der Waals surface area contributed by atoms with Crippen LogP contribution in [0, 0.1) is 27.7 Å². The third kappa shape index (κ3) is 3.72. The van der Waals surface area contributed by atoms with Crippen LogP contribution in [0.25, 0.3) is 0 Å². The van der Waals surface area contributed by atoms with Crippen LogP contribution in [0.2, 0.25) is 0 Å². The van der Waals surface area contributed by atoms with E-state index < -0.39 is 0 Å². The zero-order chi connectivity index (χ0) is 18.7. The number of nitrogens with zero attached hydrogens (tertiary/aromatic N) is 2. The van der Waals surface area contributed by atoms with Gasteiger partial charge in [-0.15, -0.1) is 0 Å². The number of nitrogens with one attached hydrogen (secondary N) is 2. The number of carbonyl (C=O) groups excluding carboxylic acids is 1. The summed E-state index contributed by atoms with van der Waals surface area (Å²) in [5, 5.41) is 6.13. The molecular weight excluding hydrogens is 324 g/mol. The Bertz CT molecular complexity index is 928. The van der Waals surface area contributed by atoms with Crippen molar-refractivity contribution >= 4 is 23.2 Å². The number of benzene rings is 2. The van der Waals surface area contributed by atoms with E-state index in [4.69, 9.17) is 0 Å². The summed E-state index contributed by atoms with van der Waals surface area (Å²) in [7, 11) is 0. The van der Waals surface area contributed by atoms with Gasteiger partial charge in [-0.2, -0.15) is 0 Å². The summed E-state index contributed by atoms with van der Waals surface area (Å²) in [6.07, 6.45) is 3.06. The Balaban J connectivity index is 1.75. The van der Waals surface area contributed by atoms with Crippen LogP contribution in [-0.4, -0.2) is 15.9 Å². The fourth-order valence-electron chi connectivity index (χ4n) is 2.71. The molecule has 0 atom stereocenters. The quantitative estimate of drug-likeness (QED) is 0.718. The number of anilines is 3. The van der Waals surface area contributed by atoms with Crippen molar-refractivity contribution < 1.29 is 4.79 Å². The van der Waals surface area contributed by atoms with Crippen molar-refractivity contribution in [3.63, 3.8) is 0 Å². The van der Waals surface area contributed by atoms with E-state index in [0.717, 1.165) is 33.6 Å². The molecule has 0 fully saturated rings. The highest BCUT2D eigenvalue weighted by Crippen LogP contribution is 2.22. The minimum Gasteiger partial charge on any atom is -0.324 e. The lowest BCUT2D eigenvalue weighted by Gasteiger charge is -2.12. The van der Waals surface area contributed by atoms with E-state index in [1.54, 1.807) is 0 Å². The Morgan fingerprint density at radius 3 is 2.08 bits per heavy atom. The van der Waals surface area contributed by atoms with Crippen LogP contribution >= 0.6 is 0 Å². The highest BCUT2D eigenvalue weighted by Gasteiger charge is 2.11. The molecule has 5 nitrogen and oxygen atoms in total. The lowest BCUT2D eigenvalue weighted by molar-refractivity contribution is 0.102. The van der Waals surface area contributed by atoms with Gasteiger partial charge in [-0.1, -0.05) is 30.3 Å². The molecule has 1 aromatic heterocycles. The molecule has 132 valence electrons. The van der Waals surface area contributed by atoms with Crippen molar-refractivity contribution in [3.8, 4) is 0 Å². The van der Waals surface area contributed by atoms with E-state index in [9.17, 15) is 4.79 Å². The zero-order valence-corrected chi connectivity index (χ0v) is 15.4. The largest absolute Gasteiger partial charge is 0.324 e. The Morgan fingerprint density at radius 1 is 0.846 bits per heavy atom. The molecule has 0 spiro atoms. The van der Waals surface area contributed by atoms with E-state index in [0.29, 0.717) is 11.5 Å². The summed E-state index contributed by atoms with van der Waals surface area (Å²) in [6.45, 7) is 8.06. The molecule has 0 aliphatic rings. The highest BCUT2D eigenvalue weighted by atomic mass is 16.1. The maximum absolute atomic E-state index is 12.4. The molecule has 2 N–H and O–H groups in total. The summed E-state index contributed by atoms with van der Waals surface area (Å²) < 4.78 is 0. The average molecular weight is 346 g/mol. The van der Waals surface area contributed by atoms with Gasteiger partial charge in [-0.3, -0.25) is 4.79 Å². The van der Waals surface area contributed by atoms with Gasteiger partial charge in [-0.25, -0.2) is 9.97 Å². The normalized spacial score (nSPS) is 10.5. The lowest BCUT2D eigenvalue weighted by Crippen LogP contribution is -2.14. The first-order valence-electron chi connectivity index (χ1n) is 8.48. The molecule has 1 amide bonds. The van der Waals surface area contributed by atoms with Crippen LogP contribution in [0.15, 0.2) is 48.8 Å². The number of amides is 1. The Kier molecular flexibility index (Phi) is 4.98. The molecular formula is C21H22N4O. The monoisotopic (exact) mass is 346 g/mol.